The highest BCUT2D eigenvalue weighted by Gasteiger charge is 2.23. The molecule has 0 fully saturated rings. The monoisotopic (exact) mass is 544 g/mol. The number of sulfone groups is 1. The Hall–Kier alpha value is -4.15. The number of methoxy groups -OCH3 is 1. The molecule has 2 aromatic carbocycles. The normalized spacial score (nSPS) is 11.6. The minimum Gasteiger partial charge on any atom is -0.493 e. The zero-order valence-corrected chi connectivity index (χ0v) is 21.5. The molecule has 1 amide bonds. The van der Waals surface area contributed by atoms with Gasteiger partial charge < -0.3 is 9.47 Å². The molecule has 0 unspecified atom stereocenters. The van der Waals surface area contributed by atoms with E-state index in [9.17, 15) is 27.7 Å². The Balaban J connectivity index is 1.77. The average Bonchev–Trinajstić information content (AvgIpc) is 3.32. The van der Waals surface area contributed by atoms with Gasteiger partial charge in [-0.15, -0.1) is 0 Å². The van der Waals surface area contributed by atoms with E-state index >= 15 is 0 Å². The molecule has 10 nitrogen and oxygen atoms in total. The number of anilines is 1. The molecule has 3 rings (SSSR count). The van der Waals surface area contributed by atoms with Crippen molar-refractivity contribution < 1.29 is 31.9 Å². The number of hydrogen-bond acceptors (Lipinski definition) is 10. The third-order valence-electron chi connectivity index (χ3n) is 4.62. The first-order valence-electron chi connectivity index (χ1n) is 10.7. The summed E-state index contributed by atoms with van der Waals surface area (Å²) in [7, 11) is -2.38. The highest BCUT2D eigenvalue weighted by atomic mass is 32.2. The molecule has 192 valence electrons. The molecule has 0 spiro atoms. The van der Waals surface area contributed by atoms with E-state index in [1.165, 1.54) is 49.6 Å². The summed E-state index contributed by atoms with van der Waals surface area (Å²) < 4.78 is 52.7. The number of halogens is 1. The maximum atomic E-state index is 13.9. The molecular weight excluding hydrogens is 523 g/mol. The molecule has 3 aromatic rings. The minimum absolute atomic E-state index is 0.000131. The summed E-state index contributed by atoms with van der Waals surface area (Å²) in [5, 5.41) is 11.4. The van der Waals surface area contributed by atoms with Crippen molar-refractivity contribution in [2.24, 2.45) is 5.92 Å². The van der Waals surface area contributed by atoms with Gasteiger partial charge >= 0.3 is 5.97 Å². The second-order valence-corrected chi connectivity index (χ2v) is 10.6. The lowest BCUT2D eigenvalue weighted by atomic mass is 10.1. The van der Waals surface area contributed by atoms with Gasteiger partial charge in [0.05, 0.1) is 18.4 Å². The standard InChI is InChI=1S/C24H21FN4O6S2/c1-14(2)13-37(32,33)24-28-23(36-29-24)27-21(30)16(12-26)10-15-8-9-19(20(11-15)34-3)35-22(31)17-6-4-5-7-18(17)25/h4-11,14H,13H2,1-3H3,(H,27,28,29,30)/b16-10-. The van der Waals surface area contributed by atoms with E-state index < -0.39 is 32.7 Å². The van der Waals surface area contributed by atoms with Gasteiger partial charge in [-0.05, 0) is 41.8 Å². The zero-order valence-electron chi connectivity index (χ0n) is 19.9. The second-order valence-electron chi connectivity index (χ2n) is 7.96. The Morgan fingerprint density at radius 3 is 2.59 bits per heavy atom. The van der Waals surface area contributed by atoms with E-state index in [1.54, 1.807) is 19.9 Å². The summed E-state index contributed by atoms with van der Waals surface area (Å²) in [5.74, 6) is -2.68. The number of esters is 1. The van der Waals surface area contributed by atoms with Gasteiger partial charge in [-0.25, -0.2) is 17.6 Å². The van der Waals surface area contributed by atoms with Crippen LogP contribution in [0.2, 0.25) is 0 Å². The SMILES string of the molecule is COc1cc(/C=C(/C#N)C(=O)Nc2nc(S(=O)(=O)CC(C)C)ns2)ccc1OC(=O)c1ccccc1F. The lowest BCUT2D eigenvalue weighted by Crippen LogP contribution is -2.15. The molecule has 0 aliphatic heterocycles. The molecule has 0 saturated heterocycles. The van der Waals surface area contributed by atoms with Gasteiger partial charge in [-0.3, -0.25) is 10.1 Å². The predicted octanol–water partition coefficient (Wildman–Crippen LogP) is 3.88. The number of nitriles is 1. The van der Waals surface area contributed by atoms with Crippen molar-refractivity contribution in [2.45, 2.75) is 19.0 Å². The van der Waals surface area contributed by atoms with E-state index in [-0.39, 0.29) is 39.4 Å². The first-order chi connectivity index (χ1) is 17.5. The summed E-state index contributed by atoms with van der Waals surface area (Å²) in [6, 6.07) is 11.3. The number of rotatable bonds is 9. The zero-order chi connectivity index (χ0) is 27.2. The molecule has 0 aliphatic rings. The fraction of sp³-hybridized carbons (Fsp3) is 0.208. The smallest absolute Gasteiger partial charge is 0.346 e. The van der Waals surface area contributed by atoms with E-state index in [1.807, 2.05) is 0 Å². The molecule has 0 atom stereocenters. The van der Waals surface area contributed by atoms with Crippen LogP contribution in [0.3, 0.4) is 0 Å². The van der Waals surface area contributed by atoms with Crippen LogP contribution in [-0.4, -0.2) is 42.5 Å². The summed E-state index contributed by atoms with van der Waals surface area (Å²) >= 11 is 0.675. The number of carbonyl (C=O) groups is 2. The second kappa shape index (κ2) is 11.7. The summed E-state index contributed by atoms with van der Waals surface area (Å²) in [6.45, 7) is 3.48. The van der Waals surface area contributed by atoms with E-state index in [0.717, 1.165) is 6.07 Å². The van der Waals surface area contributed by atoms with Gasteiger partial charge in [0, 0.05) is 11.5 Å². The van der Waals surface area contributed by atoms with Crippen molar-refractivity contribution in [1.82, 2.24) is 9.36 Å². The number of benzene rings is 2. The van der Waals surface area contributed by atoms with E-state index in [2.05, 4.69) is 14.7 Å². The topological polar surface area (TPSA) is 148 Å². The number of hydrogen-bond donors (Lipinski definition) is 1. The third-order valence-corrected chi connectivity index (χ3v) is 7.21. The van der Waals surface area contributed by atoms with Crippen molar-refractivity contribution in [2.75, 3.05) is 18.2 Å². The van der Waals surface area contributed by atoms with Gasteiger partial charge in [-0.1, -0.05) is 32.0 Å². The lowest BCUT2D eigenvalue weighted by molar-refractivity contribution is -0.112. The molecule has 0 saturated carbocycles. The van der Waals surface area contributed by atoms with Crippen LogP contribution in [0.25, 0.3) is 6.08 Å². The van der Waals surface area contributed by atoms with Crippen LogP contribution in [-0.2, 0) is 14.6 Å². The third kappa shape index (κ3) is 6.96. The quantitative estimate of drug-likeness (QED) is 0.183. The number of nitrogens with one attached hydrogen (secondary N) is 1. The van der Waals surface area contributed by atoms with Crippen LogP contribution in [0, 0.1) is 23.1 Å². The lowest BCUT2D eigenvalue weighted by Gasteiger charge is -2.10. The fourth-order valence-electron chi connectivity index (χ4n) is 3.02. The molecule has 1 aromatic heterocycles. The highest BCUT2D eigenvalue weighted by molar-refractivity contribution is 7.91. The Kier molecular flexibility index (Phi) is 8.69. The van der Waals surface area contributed by atoms with Crippen LogP contribution < -0.4 is 14.8 Å². The first-order valence-corrected chi connectivity index (χ1v) is 13.1. The van der Waals surface area contributed by atoms with Crippen molar-refractivity contribution in [3.05, 3.63) is 65.0 Å². The van der Waals surface area contributed by atoms with Gasteiger partial charge in [-0.2, -0.15) is 14.6 Å². The molecule has 13 heteroatoms. The van der Waals surface area contributed by atoms with Crippen LogP contribution >= 0.6 is 11.5 Å². The minimum atomic E-state index is -3.70. The molecular formula is C24H21FN4O6S2. The maximum absolute atomic E-state index is 13.9. The molecule has 1 N–H and O–H groups in total. The van der Waals surface area contributed by atoms with Crippen LogP contribution in [0.1, 0.15) is 29.8 Å². The van der Waals surface area contributed by atoms with Crippen molar-refractivity contribution in [1.29, 1.82) is 5.26 Å². The Labute approximate surface area is 216 Å². The molecule has 0 bridgehead atoms. The number of nitrogens with zero attached hydrogens (tertiary/aromatic N) is 3. The Morgan fingerprint density at radius 2 is 1.95 bits per heavy atom. The Bertz CT molecular complexity index is 1510. The number of ether oxygens (including phenoxy) is 2. The summed E-state index contributed by atoms with van der Waals surface area (Å²) in [6.07, 6.45) is 1.25. The fourth-order valence-corrected chi connectivity index (χ4v) is 5.37. The van der Waals surface area contributed by atoms with Crippen LogP contribution in [0.4, 0.5) is 9.52 Å². The number of aromatic nitrogens is 2. The van der Waals surface area contributed by atoms with Gasteiger partial charge in [0.2, 0.25) is 15.0 Å². The largest absolute Gasteiger partial charge is 0.493 e. The summed E-state index contributed by atoms with van der Waals surface area (Å²) in [4.78, 5) is 28.8. The van der Waals surface area contributed by atoms with Gasteiger partial charge in [0.1, 0.15) is 17.5 Å². The highest BCUT2D eigenvalue weighted by Crippen LogP contribution is 2.30. The van der Waals surface area contributed by atoms with Crippen molar-refractivity contribution in [3.63, 3.8) is 0 Å². The van der Waals surface area contributed by atoms with E-state index in [4.69, 9.17) is 9.47 Å². The van der Waals surface area contributed by atoms with Crippen molar-refractivity contribution in [3.8, 4) is 17.6 Å². The van der Waals surface area contributed by atoms with Crippen LogP contribution in [0.15, 0.2) is 53.2 Å². The number of carbonyl (C=O) groups excluding carboxylic acids is 2. The maximum Gasteiger partial charge on any atom is 0.346 e. The molecule has 37 heavy (non-hydrogen) atoms. The first kappa shape index (κ1) is 27.4. The van der Waals surface area contributed by atoms with E-state index in [0.29, 0.717) is 17.1 Å². The Morgan fingerprint density at radius 1 is 1.22 bits per heavy atom. The number of amides is 1. The van der Waals surface area contributed by atoms with Crippen molar-refractivity contribution >= 4 is 44.5 Å². The summed E-state index contributed by atoms with van der Waals surface area (Å²) in [5.41, 5.74) is -0.222. The van der Waals surface area contributed by atoms with Gasteiger partial charge in [0.15, 0.2) is 11.5 Å². The molecule has 1 heterocycles. The molecule has 0 aliphatic carbocycles. The predicted molar refractivity (Wildman–Crippen MR) is 133 cm³/mol. The molecule has 0 radical (unpaired) electrons. The van der Waals surface area contributed by atoms with Crippen LogP contribution in [0.5, 0.6) is 11.5 Å². The van der Waals surface area contributed by atoms with Gasteiger partial charge in [0.25, 0.3) is 11.1 Å². The average molecular weight is 545 g/mol.